The Morgan fingerprint density at radius 3 is 2.44 bits per heavy atom. The van der Waals surface area contributed by atoms with Crippen molar-refractivity contribution in [3.05, 3.63) is 29.8 Å². The van der Waals surface area contributed by atoms with Gasteiger partial charge < -0.3 is 15.3 Å². The molecule has 1 aromatic rings. The van der Waals surface area contributed by atoms with Crippen molar-refractivity contribution in [3.8, 4) is 0 Å². The van der Waals surface area contributed by atoms with Crippen LogP contribution in [0.3, 0.4) is 0 Å². The van der Waals surface area contributed by atoms with Crippen molar-refractivity contribution >= 4 is 11.6 Å². The maximum atomic E-state index is 11.9. The lowest BCUT2D eigenvalue weighted by molar-refractivity contribution is 0.0936. The number of amides is 1. The van der Waals surface area contributed by atoms with Crippen molar-refractivity contribution in [2.24, 2.45) is 0 Å². The molecule has 0 spiro atoms. The first-order chi connectivity index (χ1) is 8.54. The quantitative estimate of drug-likeness (QED) is 0.807. The molecule has 0 fully saturated rings. The van der Waals surface area contributed by atoms with Crippen molar-refractivity contribution in [2.45, 2.75) is 25.8 Å². The Hall–Kier alpha value is -1.55. The van der Waals surface area contributed by atoms with Gasteiger partial charge in [-0.3, -0.25) is 4.79 Å². The number of nitrogens with one attached hydrogen (secondary N) is 1. The van der Waals surface area contributed by atoms with Crippen molar-refractivity contribution in [3.63, 3.8) is 0 Å². The highest BCUT2D eigenvalue weighted by molar-refractivity contribution is 5.94. The monoisotopic (exact) mass is 250 g/mol. The lowest BCUT2D eigenvalue weighted by Gasteiger charge is -2.15. The van der Waals surface area contributed by atoms with Gasteiger partial charge in [0.2, 0.25) is 0 Å². The number of nitrogens with zero attached hydrogens (tertiary/aromatic N) is 1. The summed E-state index contributed by atoms with van der Waals surface area (Å²) in [7, 11) is 3.93. The summed E-state index contributed by atoms with van der Waals surface area (Å²) in [5.74, 6) is -0.0641. The second-order valence-electron chi connectivity index (χ2n) is 4.68. The van der Waals surface area contributed by atoms with Crippen LogP contribution in [0.4, 0.5) is 5.69 Å². The molecule has 0 aromatic heterocycles. The molecular formula is C14H22N2O2. The van der Waals surface area contributed by atoms with Crippen LogP contribution >= 0.6 is 0 Å². The number of aliphatic hydroxyl groups excluding tert-OH is 1. The standard InChI is InChI=1S/C14H22N2O2/c1-11(5-4-10-17)15-14(18)12-6-8-13(9-7-12)16(2)3/h6-9,11,17H,4-5,10H2,1-3H3,(H,15,18). The Kier molecular flexibility index (Phi) is 5.65. The van der Waals surface area contributed by atoms with Crippen molar-refractivity contribution in [1.82, 2.24) is 5.32 Å². The van der Waals surface area contributed by atoms with E-state index < -0.39 is 0 Å². The first-order valence-corrected chi connectivity index (χ1v) is 6.23. The summed E-state index contributed by atoms with van der Waals surface area (Å²) in [4.78, 5) is 13.9. The van der Waals surface area contributed by atoms with Crippen LogP contribution in [0.2, 0.25) is 0 Å². The normalized spacial score (nSPS) is 12.0. The molecule has 1 rings (SSSR count). The third-order valence-electron chi connectivity index (χ3n) is 2.82. The lowest BCUT2D eigenvalue weighted by Crippen LogP contribution is -2.32. The largest absolute Gasteiger partial charge is 0.396 e. The minimum atomic E-state index is -0.0641. The van der Waals surface area contributed by atoms with Gasteiger partial charge in [0.05, 0.1) is 0 Å². The van der Waals surface area contributed by atoms with Gasteiger partial charge in [-0.25, -0.2) is 0 Å². The predicted molar refractivity (Wildman–Crippen MR) is 74.0 cm³/mol. The van der Waals surface area contributed by atoms with Gasteiger partial charge in [-0.15, -0.1) is 0 Å². The maximum absolute atomic E-state index is 11.9. The molecule has 2 N–H and O–H groups in total. The number of rotatable bonds is 6. The third kappa shape index (κ3) is 4.37. The molecule has 0 aliphatic carbocycles. The first kappa shape index (κ1) is 14.5. The highest BCUT2D eigenvalue weighted by Crippen LogP contribution is 2.12. The van der Waals surface area contributed by atoms with Gasteiger partial charge in [0.1, 0.15) is 0 Å². The second-order valence-corrected chi connectivity index (χ2v) is 4.68. The van der Waals surface area contributed by atoms with Crippen LogP contribution in [0.5, 0.6) is 0 Å². The van der Waals surface area contributed by atoms with Gasteiger partial charge in [-0.2, -0.15) is 0 Å². The Labute approximate surface area is 109 Å². The number of aliphatic hydroxyl groups is 1. The van der Waals surface area contributed by atoms with E-state index in [0.29, 0.717) is 12.0 Å². The Morgan fingerprint density at radius 1 is 1.33 bits per heavy atom. The minimum absolute atomic E-state index is 0.0641. The topological polar surface area (TPSA) is 52.6 Å². The average Bonchev–Trinajstić information content (AvgIpc) is 2.36. The summed E-state index contributed by atoms with van der Waals surface area (Å²) in [5, 5.41) is 11.6. The minimum Gasteiger partial charge on any atom is -0.396 e. The molecule has 1 atom stereocenters. The fraction of sp³-hybridized carbons (Fsp3) is 0.500. The molecule has 4 heteroatoms. The summed E-state index contributed by atoms with van der Waals surface area (Å²) >= 11 is 0. The smallest absolute Gasteiger partial charge is 0.251 e. The molecule has 4 nitrogen and oxygen atoms in total. The van der Waals surface area contributed by atoms with E-state index in [-0.39, 0.29) is 18.6 Å². The van der Waals surface area contributed by atoms with E-state index in [4.69, 9.17) is 5.11 Å². The van der Waals surface area contributed by atoms with E-state index in [9.17, 15) is 4.79 Å². The Morgan fingerprint density at radius 2 is 1.94 bits per heavy atom. The van der Waals surface area contributed by atoms with Crippen molar-refractivity contribution in [1.29, 1.82) is 0 Å². The van der Waals surface area contributed by atoms with Crippen molar-refractivity contribution < 1.29 is 9.90 Å². The van der Waals surface area contributed by atoms with Gasteiger partial charge in [0.15, 0.2) is 0 Å². The molecule has 1 amide bonds. The number of hydrogen-bond donors (Lipinski definition) is 2. The van der Waals surface area contributed by atoms with E-state index in [1.54, 1.807) is 0 Å². The number of anilines is 1. The first-order valence-electron chi connectivity index (χ1n) is 6.23. The zero-order valence-corrected chi connectivity index (χ0v) is 11.3. The van der Waals surface area contributed by atoms with E-state index in [2.05, 4.69) is 5.32 Å². The average molecular weight is 250 g/mol. The highest BCUT2D eigenvalue weighted by atomic mass is 16.2. The van der Waals surface area contributed by atoms with Crippen LogP contribution in [-0.2, 0) is 0 Å². The van der Waals surface area contributed by atoms with E-state index in [1.165, 1.54) is 0 Å². The zero-order chi connectivity index (χ0) is 13.5. The molecule has 0 saturated carbocycles. The SMILES string of the molecule is CC(CCCO)NC(=O)c1ccc(N(C)C)cc1. The second kappa shape index (κ2) is 7.01. The molecule has 100 valence electrons. The predicted octanol–water partition coefficient (Wildman–Crippen LogP) is 1.64. The summed E-state index contributed by atoms with van der Waals surface area (Å²) in [6, 6.07) is 7.58. The highest BCUT2D eigenvalue weighted by Gasteiger charge is 2.09. The Balaban J connectivity index is 2.56. The summed E-state index contributed by atoms with van der Waals surface area (Å²) in [6.07, 6.45) is 1.50. The molecular weight excluding hydrogens is 228 g/mol. The maximum Gasteiger partial charge on any atom is 0.251 e. The zero-order valence-electron chi connectivity index (χ0n) is 11.3. The van der Waals surface area contributed by atoms with E-state index in [0.717, 1.165) is 12.1 Å². The van der Waals surface area contributed by atoms with Crippen LogP contribution in [-0.4, -0.2) is 37.8 Å². The van der Waals surface area contributed by atoms with E-state index >= 15 is 0 Å². The number of hydrogen-bond acceptors (Lipinski definition) is 3. The van der Waals surface area contributed by atoms with Crippen LogP contribution in [0, 0.1) is 0 Å². The number of carbonyl (C=O) groups excluding carboxylic acids is 1. The lowest BCUT2D eigenvalue weighted by atomic mass is 10.1. The molecule has 0 saturated heterocycles. The molecule has 1 aromatic carbocycles. The third-order valence-corrected chi connectivity index (χ3v) is 2.82. The number of carbonyl (C=O) groups is 1. The van der Waals surface area contributed by atoms with Crippen LogP contribution in [0.25, 0.3) is 0 Å². The summed E-state index contributed by atoms with van der Waals surface area (Å²) in [5.41, 5.74) is 1.73. The van der Waals surface area contributed by atoms with Crippen LogP contribution < -0.4 is 10.2 Å². The van der Waals surface area contributed by atoms with Gasteiger partial charge >= 0.3 is 0 Å². The fourth-order valence-electron chi connectivity index (χ4n) is 1.69. The molecule has 0 heterocycles. The Bertz CT molecular complexity index is 374. The van der Waals surface area contributed by atoms with Gasteiger partial charge in [-0.1, -0.05) is 0 Å². The number of benzene rings is 1. The van der Waals surface area contributed by atoms with E-state index in [1.807, 2.05) is 50.2 Å². The molecule has 0 bridgehead atoms. The molecule has 0 radical (unpaired) electrons. The van der Waals surface area contributed by atoms with Gasteiger partial charge in [0, 0.05) is 38.0 Å². The summed E-state index contributed by atoms with van der Waals surface area (Å²) < 4.78 is 0. The molecule has 0 aliphatic rings. The van der Waals surface area contributed by atoms with Crippen LogP contribution in [0.15, 0.2) is 24.3 Å². The summed E-state index contributed by atoms with van der Waals surface area (Å²) in [6.45, 7) is 2.11. The molecule has 0 aliphatic heterocycles. The van der Waals surface area contributed by atoms with Crippen LogP contribution in [0.1, 0.15) is 30.1 Å². The molecule has 1 unspecified atom stereocenters. The van der Waals surface area contributed by atoms with Crippen molar-refractivity contribution in [2.75, 3.05) is 25.6 Å². The van der Waals surface area contributed by atoms with Gasteiger partial charge in [0.25, 0.3) is 5.91 Å². The van der Waals surface area contributed by atoms with Gasteiger partial charge in [-0.05, 0) is 44.0 Å². The fourth-order valence-corrected chi connectivity index (χ4v) is 1.69. The molecule has 18 heavy (non-hydrogen) atoms.